The number of nitrogens with zero attached hydrogens (tertiary/aromatic N) is 2. The molecule has 0 bridgehead atoms. The molecule has 7 heteroatoms. The van der Waals surface area contributed by atoms with Crippen molar-refractivity contribution >= 4 is 21.5 Å². The lowest BCUT2D eigenvalue weighted by Gasteiger charge is -2.11. The van der Waals surface area contributed by atoms with Gasteiger partial charge in [-0.05, 0) is 30.3 Å². The minimum absolute atomic E-state index is 0.120. The molecule has 24 heavy (non-hydrogen) atoms. The van der Waals surface area contributed by atoms with Crippen LogP contribution in [0.3, 0.4) is 0 Å². The van der Waals surface area contributed by atoms with E-state index in [0.717, 1.165) is 0 Å². The van der Waals surface area contributed by atoms with Gasteiger partial charge in [0.25, 0.3) is 10.0 Å². The van der Waals surface area contributed by atoms with Crippen LogP contribution in [0.4, 0.5) is 5.69 Å². The average molecular weight is 339 g/mol. The summed E-state index contributed by atoms with van der Waals surface area (Å²) in [5, 5.41) is 0. The van der Waals surface area contributed by atoms with Gasteiger partial charge in [-0.15, -0.1) is 0 Å². The highest BCUT2D eigenvalue weighted by molar-refractivity contribution is 7.92. The second-order valence-corrected chi connectivity index (χ2v) is 6.57. The Bertz CT molecular complexity index is 959. The molecule has 0 radical (unpaired) electrons. The Morgan fingerprint density at radius 2 is 1.62 bits per heavy atom. The van der Waals surface area contributed by atoms with Crippen molar-refractivity contribution in [1.29, 1.82) is 0 Å². The van der Waals surface area contributed by atoms with Crippen molar-refractivity contribution in [3.63, 3.8) is 0 Å². The third-order valence-corrected chi connectivity index (χ3v) is 4.67. The van der Waals surface area contributed by atoms with Gasteiger partial charge in [0, 0.05) is 11.8 Å². The number of carbonyl (C=O) groups excluding carboxylic acids is 1. The van der Waals surface area contributed by atoms with Crippen molar-refractivity contribution in [2.24, 2.45) is 0 Å². The monoisotopic (exact) mass is 339 g/mol. The molecule has 0 saturated carbocycles. The Balaban J connectivity index is 1.97. The standard InChI is InChI=1S/C17H13N3O3S/c21-17(16-10-11-18-12-19-16)14-8-4-5-9-15(14)20-24(22,23)13-6-2-1-3-7-13/h1-12,20H. The normalized spacial score (nSPS) is 11.0. The van der Waals surface area contributed by atoms with Gasteiger partial charge in [0.2, 0.25) is 5.78 Å². The predicted octanol–water partition coefficient (Wildman–Crippen LogP) is 2.51. The minimum atomic E-state index is -3.79. The lowest BCUT2D eigenvalue weighted by Crippen LogP contribution is -2.16. The van der Waals surface area contributed by atoms with Crippen LogP contribution < -0.4 is 4.72 Å². The van der Waals surface area contributed by atoms with E-state index in [1.54, 1.807) is 36.4 Å². The molecular weight excluding hydrogens is 326 g/mol. The summed E-state index contributed by atoms with van der Waals surface area (Å²) < 4.78 is 27.4. The maximum Gasteiger partial charge on any atom is 0.261 e. The summed E-state index contributed by atoms with van der Waals surface area (Å²) in [6.45, 7) is 0. The molecule has 1 N–H and O–H groups in total. The van der Waals surface area contributed by atoms with Crippen molar-refractivity contribution in [2.75, 3.05) is 4.72 Å². The summed E-state index contributed by atoms with van der Waals surface area (Å²) >= 11 is 0. The molecule has 3 aromatic rings. The van der Waals surface area contributed by atoms with E-state index in [2.05, 4.69) is 14.7 Å². The van der Waals surface area contributed by atoms with E-state index >= 15 is 0 Å². The first-order valence-corrected chi connectivity index (χ1v) is 8.54. The molecule has 0 fully saturated rings. The van der Waals surface area contributed by atoms with Gasteiger partial charge in [0.15, 0.2) is 0 Å². The summed E-state index contributed by atoms with van der Waals surface area (Å²) in [7, 11) is -3.79. The Kier molecular flexibility index (Phi) is 4.35. The number of carbonyl (C=O) groups is 1. The van der Waals surface area contributed by atoms with Gasteiger partial charge in [-0.3, -0.25) is 9.52 Å². The highest BCUT2D eigenvalue weighted by Crippen LogP contribution is 2.22. The Labute approximate surface area is 139 Å². The first-order chi connectivity index (χ1) is 11.6. The molecule has 3 rings (SSSR count). The molecule has 6 nitrogen and oxygen atoms in total. The summed E-state index contributed by atoms with van der Waals surface area (Å²) in [4.78, 5) is 20.4. The number of sulfonamides is 1. The van der Waals surface area contributed by atoms with E-state index in [1.165, 1.54) is 36.8 Å². The molecule has 0 atom stereocenters. The molecule has 0 spiro atoms. The fourth-order valence-corrected chi connectivity index (χ4v) is 3.24. The van der Waals surface area contributed by atoms with Crippen LogP contribution in [0.15, 0.2) is 78.1 Å². The third kappa shape index (κ3) is 3.31. The molecule has 0 unspecified atom stereocenters. The van der Waals surface area contributed by atoms with E-state index in [1.807, 2.05) is 0 Å². The van der Waals surface area contributed by atoms with E-state index < -0.39 is 10.0 Å². The van der Waals surface area contributed by atoms with Crippen molar-refractivity contribution in [3.05, 3.63) is 84.4 Å². The number of hydrogen-bond acceptors (Lipinski definition) is 5. The molecule has 0 aliphatic rings. The zero-order valence-electron chi connectivity index (χ0n) is 12.5. The number of rotatable bonds is 5. The van der Waals surface area contributed by atoms with Crippen LogP contribution >= 0.6 is 0 Å². The smallest absolute Gasteiger partial charge is 0.261 e. The van der Waals surface area contributed by atoms with Gasteiger partial charge in [0.1, 0.15) is 12.0 Å². The van der Waals surface area contributed by atoms with Crippen LogP contribution in [0, 0.1) is 0 Å². The molecule has 1 aromatic heterocycles. The second-order valence-electron chi connectivity index (χ2n) is 4.89. The molecule has 120 valence electrons. The Morgan fingerprint density at radius 1 is 0.917 bits per heavy atom. The van der Waals surface area contributed by atoms with Crippen LogP contribution in [-0.4, -0.2) is 24.2 Å². The number of benzene rings is 2. The fraction of sp³-hybridized carbons (Fsp3) is 0. The van der Waals surface area contributed by atoms with Crippen LogP contribution in [0.5, 0.6) is 0 Å². The van der Waals surface area contributed by atoms with E-state index in [4.69, 9.17) is 0 Å². The SMILES string of the molecule is O=C(c1ccncn1)c1ccccc1NS(=O)(=O)c1ccccc1. The van der Waals surface area contributed by atoms with Crippen LogP contribution in [-0.2, 0) is 10.0 Å². The molecule has 0 saturated heterocycles. The summed E-state index contributed by atoms with van der Waals surface area (Å²) in [6.07, 6.45) is 2.72. The van der Waals surface area contributed by atoms with Crippen molar-refractivity contribution < 1.29 is 13.2 Å². The molecule has 1 heterocycles. The maximum absolute atomic E-state index is 12.6. The highest BCUT2D eigenvalue weighted by Gasteiger charge is 2.19. The zero-order chi connectivity index (χ0) is 17.0. The number of para-hydroxylation sites is 1. The maximum atomic E-state index is 12.6. The Morgan fingerprint density at radius 3 is 2.33 bits per heavy atom. The van der Waals surface area contributed by atoms with Gasteiger partial charge < -0.3 is 0 Å². The largest absolute Gasteiger partial charge is 0.287 e. The van der Waals surface area contributed by atoms with Gasteiger partial charge in [-0.25, -0.2) is 18.4 Å². The molecule has 0 amide bonds. The molecule has 0 aliphatic heterocycles. The number of ketones is 1. The molecule has 2 aromatic carbocycles. The quantitative estimate of drug-likeness (QED) is 0.722. The number of hydrogen-bond donors (Lipinski definition) is 1. The van der Waals surface area contributed by atoms with E-state index in [-0.39, 0.29) is 27.6 Å². The van der Waals surface area contributed by atoms with Gasteiger partial charge >= 0.3 is 0 Å². The molecular formula is C17H13N3O3S. The van der Waals surface area contributed by atoms with E-state index in [0.29, 0.717) is 0 Å². The van der Waals surface area contributed by atoms with Crippen LogP contribution in [0.25, 0.3) is 0 Å². The third-order valence-electron chi connectivity index (χ3n) is 3.28. The van der Waals surface area contributed by atoms with Crippen molar-refractivity contribution in [1.82, 2.24) is 9.97 Å². The van der Waals surface area contributed by atoms with Gasteiger partial charge in [0.05, 0.1) is 10.6 Å². The van der Waals surface area contributed by atoms with Gasteiger partial charge in [-0.2, -0.15) is 0 Å². The lowest BCUT2D eigenvalue weighted by atomic mass is 10.1. The summed E-state index contributed by atoms with van der Waals surface area (Å²) in [5.74, 6) is -0.385. The topological polar surface area (TPSA) is 89.0 Å². The summed E-state index contributed by atoms with van der Waals surface area (Å²) in [5.41, 5.74) is 0.608. The van der Waals surface area contributed by atoms with Crippen LogP contribution in [0.1, 0.15) is 16.1 Å². The predicted molar refractivity (Wildman–Crippen MR) is 89.2 cm³/mol. The zero-order valence-corrected chi connectivity index (χ0v) is 13.3. The second kappa shape index (κ2) is 6.59. The Hall–Kier alpha value is -3.06. The number of nitrogens with one attached hydrogen (secondary N) is 1. The number of anilines is 1. The minimum Gasteiger partial charge on any atom is -0.287 e. The first kappa shape index (κ1) is 15.8. The molecule has 0 aliphatic carbocycles. The van der Waals surface area contributed by atoms with Crippen molar-refractivity contribution in [2.45, 2.75) is 4.90 Å². The highest BCUT2D eigenvalue weighted by atomic mass is 32.2. The summed E-state index contributed by atoms with van der Waals surface area (Å²) in [6, 6.07) is 15.8. The first-order valence-electron chi connectivity index (χ1n) is 7.05. The number of aromatic nitrogens is 2. The van der Waals surface area contributed by atoms with Gasteiger partial charge in [-0.1, -0.05) is 30.3 Å². The van der Waals surface area contributed by atoms with E-state index in [9.17, 15) is 13.2 Å². The fourth-order valence-electron chi connectivity index (χ4n) is 2.14. The van der Waals surface area contributed by atoms with Crippen molar-refractivity contribution in [3.8, 4) is 0 Å². The van der Waals surface area contributed by atoms with Crippen LogP contribution in [0.2, 0.25) is 0 Å². The average Bonchev–Trinajstić information content (AvgIpc) is 2.63. The lowest BCUT2D eigenvalue weighted by molar-refractivity contribution is 0.103.